The van der Waals surface area contributed by atoms with Crippen molar-refractivity contribution in [2.45, 2.75) is 26.4 Å². The molecular weight excluding hydrogens is 275 g/mol. The Balaban J connectivity index is 2.33. The molecule has 3 heteroatoms. The van der Waals surface area contributed by atoms with Crippen LogP contribution in [0, 0.1) is 11.7 Å². The lowest BCUT2D eigenvalue weighted by Crippen LogP contribution is -2.04. The van der Waals surface area contributed by atoms with Crippen LogP contribution in [0.1, 0.15) is 36.6 Å². The van der Waals surface area contributed by atoms with Crippen molar-refractivity contribution in [1.29, 1.82) is 0 Å². The number of rotatable bonds is 4. The second kappa shape index (κ2) is 6.38. The molecule has 1 atom stereocenters. The van der Waals surface area contributed by atoms with Gasteiger partial charge in [0, 0.05) is 5.56 Å². The smallest absolute Gasteiger partial charge is 0.147 e. The molecule has 1 nitrogen and oxygen atoms in total. The molecule has 0 heterocycles. The Labute approximate surface area is 124 Å². The minimum atomic E-state index is -0.999. The first kappa shape index (κ1) is 15.0. The van der Waals surface area contributed by atoms with Gasteiger partial charge in [-0.2, -0.15) is 0 Å². The van der Waals surface area contributed by atoms with Crippen LogP contribution in [0.4, 0.5) is 4.39 Å². The van der Waals surface area contributed by atoms with Gasteiger partial charge >= 0.3 is 0 Å². The molecule has 0 aliphatic rings. The molecule has 0 bridgehead atoms. The lowest BCUT2D eigenvalue weighted by Gasteiger charge is -2.15. The molecule has 0 radical (unpaired) electrons. The van der Waals surface area contributed by atoms with Crippen molar-refractivity contribution in [2.24, 2.45) is 5.92 Å². The summed E-state index contributed by atoms with van der Waals surface area (Å²) in [5.41, 5.74) is 2.03. The van der Waals surface area contributed by atoms with Gasteiger partial charge in [-0.3, -0.25) is 0 Å². The van der Waals surface area contributed by atoms with Crippen LogP contribution in [0.2, 0.25) is 5.02 Å². The van der Waals surface area contributed by atoms with Crippen molar-refractivity contribution in [1.82, 2.24) is 0 Å². The summed E-state index contributed by atoms with van der Waals surface area (Å²) in [5, 5.41) is 10.4. The summed E-state index contributed by atoms with van der Waals surface area (Å²) in [4.78, 5) is 0. The van der Waals surface area contributed by atoms with Crippen LogP contribution in [0.25, 0.3) is 0 Å². The predicted molar refractivity (Wildman–Crippen MR) is 80.5 cm³/mol. The first-order chi connectivity index (χ1) is 9.49. The number of aliphatic hydroxyl groups excluding tert-OH is 1. The van der Waals surface area contributed by atoms with Crippen LogP contribution in [0.15, 0.2) is 42.5 Å². The minimum Gasteiger partial charge on any atom is -0.384 e. The highest BCUT2D eigenvalue weighted by Crippen LogP contribution is 2.28. The molecule has 2 aromatic carbocycles. The van der Waals surface area contributed by atoms with Gasteiger partial charge in [0.05, 0.1) is 5.02 Å². The Bertz CT molecular complexity index is 595. The first-order valence-corrected chi connectivity index (χ1v) is 7.07. The summed E-state index contributed by atoms with van der Waals surface area (Å²) in [5.74, 6) is -0.0266. The van der Waals surface area contributed by atoms with Gasteiger partial charge in [-0.1, -0.05) is 61.8 Å². The number of benzene rings is 2. The van der Waals surface area contributed by atoms with Gasteiger partial charge < -0.3 is 5.11 Å². The Morgan fingerprint density at radius 3 is 2.55 bits per heavy atom. The van der Waals surface area contributed by atoms with Crippen LogP contribution in [0.5, 0.6) is 0 Å². The average Bonchev–Trinajstić information content (AvgIpc) is 2.41. The molecule has 0 aliphatic heterocycles. The molecule has 0 spiro atoms. The van der Waals surface area contributed by atoms with Crippen molar-refractivity contribution >= 4 is 11.6 Å². The zero-order valence-electron chi connectivity index (χ0n) is 11.6. The highest BCUT2D eigenvalue weighted by atomic mass is 35.5. The molecule has 0 aliphatic carbocycles. The molecule has 0 aromatic heterocycles. The molecule has 0 saturated heterocycles. The molecule has 0 saturated carbocycles. The van der Waals surface area contributed by atoms with E-state index in [-0.39, 0.29) is 10.6 Å². The van der Waals surface area contributed by atoms with Crippen molar-refractivity contribution in [2.75, 3.05) is 0 Å². The third-order valence-corrected chi connectivity index (χ3v) is 3.48. The Morgan fingerprint density at radius 2 is 1.85 bits per heavy atom. The summed E-state index contributed by atoms with van der Waals surface area (Å²) in [6.07, 6.45) is -0.0701. The number of aliphatic hydroxyl groups is 1. The monoisotopic (exact) mass is 292 g/mol. The molecule has 0 fully saturated rings. The molecule has 20 heavy (non-hydrogen) atoms. The average molecular weight is 293 g/mol. The van der Waals surface area contributed by atoms with E-state index >= 15 is 0 Å². The van der Waals surface area contributed by atoms with Gasteiger partial charge in [-0.05, 0) is 29.5 Å². The van der Waals surface area contributed by atoms with Gasteiger partial charge in [0.2, 0.25) is 0 Å². The highest BCUT2D eigenvalue weighted by Gasteiger charge is 2.17. The molecule has 1 unspecified atom stereocenters. The summed E-state index contributed by atoms with van der Waals surface area (Å²) >= 11 is 5.76. The topological polar surface area (TPSA) is 20.2 Å². The van der Waals surface area contributed by atoms with E-state index in [0.717, 1.165) is 12.0 Å². The fraction of sp³-hybridized carbons (Fsp3) is 0.294. The number of halogens is 2. The maximum absolute atomic E-state index is 14.0. The zero-order valence-corrected chi connectivity index (χ0v) is 12.4. The normalized spacial score (nSPS) is 12.7. The van der Waals surface area contributed by atoms with Crippen molar-refractivity contribution in [3.8, 4) is 0 Å². The summed E-state index contributed by atoms with van der Waals surface area (Å²) in [7, 11) is 0. The summed E-state index contributed by atoms with van der Waals surface area (Å²) < 4.78 is 14.0. The van der Waals surface area contributed by atoms with E-state index in [9.17, 15) is 9.50 Å². The molecule has 106 valence electrons. The minimum absolute atomic E-state index is 0.0277. The van der Waals surface area contributed by atoms with Crippen LogP contribution >= 0.6 is 11.6 Å². The maximum Gasteiger partial charge on any atom is 0.147 e. The molecule has 1 N–H and O–H groups in total. The van der Waals surface area contributed by atoms with Crippen LogP contribution in [0.3, 0.4) is 0 Å². The van der Waals surface area contributed by atoms with Gasteiger partial charge in [0.25, 0.3) is 0 Å². The van der Waals surface area contributed by atoms with E-state index in [0.29, 0.717) is 11.5 Å². The second-order valence-corrected chi connectivity index (χ2v) is 5.80. The lowest BCUT2D eigenvalue weighted by molar-refractivity contribution is 0.215. The van der Waals surface area contributed by atoms with Crippen molar-refractivity contribution in [3.05, 3.63) is 70.0 Å². The van der Waals surface area contributed by atoms with Crippen molar-refractivity contribution < 1.29 is 9.50 Å². The number of hydrogen-bond acceptors (Lipinski definition) is 1. The molecule has 0 amide bonds. The van der Waals surface area contributed by atoms with E-state index in [4.69, 9.17) is 11.6 Å². The number of hydrogen-bond donors (Lipinski definition) is 1. The largest absolute Gasteiger partial charge is 0.384 e. The van der Waals surface area contributed by atoms with Gasteiger partial charge in [0.1, 0.15) is 11.9 Å². The van der Waals surface area contributed by atoms with Gasteiger partial charge in [0.15, 0.2) is 0 Å². The fourth-order valence-electron chi connectivity index (χ4n) is 2.27. The van der Waals surface area contributed by atoms with Crippen LogP contribution in [-0.2, 0) is 6.42 Å². The Morgan fingerprint density at radius 1 is 1.15 bits per heavy atom. The van der Waals surface area contributed by atoms with E-state index < -0.39 is 11.9 Å². The van der Waals surface area contributed by atoms with Crippen LogP contribution < -0.4 is 0 Å². The molecule has 2 rings (SSSR count). The van der Waals surface area contributed by atoms with E-state index in [1.165, 1.54) is 6.07 Å². The Kier molecular flexibility index (Phi) is 4.79. The first-order valence-electron chi connectivity index (χ1n) is 6.70. The predicted octanol–water partition coefficient (Wildman–Crippen LogP) is 4.76. The SMILES string of the molecule is CC(C)Cc1cccc(C(O)c2cccc(Cl)c2F)c1. The molecule has 2 aromatic rings. The van der Waals surface area contributed by atoms with E-state index in [1.54, 1.807) is 18.2 Å². The quantitative estimate of drug-likeness (QED) is 0.861. The second-order valence-electron chi connectivity index (χ2n) is 5.39. The van der Waals surface area contributed by atoms with Gasteiger partial charge in [-0.15, -0.1) is 0 Å². The summed E-state index contributed by atoms with van der Waals surface area (Å²) in [6, 6.07) is 12.3. The highest BCUT2D eigenvalue weighted by molar-refractivity contribution is 6.30. The van der Waals surface area contributed by atoms with Crippen molar-refractivity contribution in [3.63, 3.8) is 0 Å². The standard InChI is InChI=1S/C17H18ClFO/c1-11(2)9-12-5-3-6-13(10-12)17(20)14-7-4-8-15(18)16(14)19/h3-8,10-11,17,20H,9H2,1-2H3. The third kappa shape index (κ3) is 3.38. The molecular formula is C17H18ClFO. The zero-order chi connectivity index (χ0) is 14.7. The fourth-order valence-corrected chi connectivity index (χ4v) is 2.45. The third-order valence-electron chi connectivity index (χ3n) is 3.19. The Hall–Kier alpha value is -1.38. The maximum atomic E-state index is 14.0. The summed E-state index contributed by atoms with van der Waals surface area (Å²) in [6.45, 7) is 4.28. The van der Waals surface area contributed by atoms with E-state index in [2.05, 4.69) is 13.8 Å². The van der Waals surface area contributed by atoms with Crippen LogP contribution in [-0.4, -0.2) is 5.11 Å². The lowest BCUT2D eigenvalue weighted by atomic mass is 9.96. The van der Waals surface area contributed by atoms with E-state index in [1.807, 2.05) is 18.2 Å². The van der Waals surface area contributed by atoms with Gasteiger partial charge in [-0.25, -0.2) is 4.39 Å².